The topological polar surface area (TPSA) is 60.0 Å². The molecule has 2 N–H and O–H groups in total. The molecule has 6 nitrogen and oxygen atoms in total. The Morgan fingerprint density at radius 1 is 1.15 bits per heavy atom. The second kappa shape index (κ2) is 11.4. The second-order valence-corrected chi connectivity index (χ2v) is 7.98. The van der Waals surface area contributed by atoms with Gasteiger partial charge in [0.25, 0.3) is 0 Å². The molecule has 1 unspecified atom stereocenters. The first-order valence-electron chi connectivity index (χ1n) is 10.6. The number of guanidine groups is 1. The van der Waals surface area contributed by atoms with Crippen LogP contribution in [-0.2, 0) is 4.79 Å². The zero-order chi connectivity index (χ0) is 18.8. The van der Waals surface area contributed by atoms with Crippen LogP contribution in [-0.4, -0.2) is 74.5 Å². The van der Waals surface area contributed by atoms with Gasteiger partial charge >= 0.3 is 0 Å². The van der Waals surface area contributed by atoms with Crippen LogP contribution in [0.4, 0.5) is 0 Å². The molecular weight excluding hydrogens is 326 g/mol. The fourth-order valence-corrected chi connectivity index (χ4v) is 4.12. The molecule has 2 rings (SSSR count). The lowest BCUT2D eigenvalue weighted by Crippen LogP contribution is -2.45. The first-order valence-corrected chi connectivity index (χ1v) is 10.6. The number of likely N-dealkylation sites (tertiary alicyclic amines) is 1. The monoisotopic (exact) mass is 365 g/mol. The summed E-state index contributed by atoms with van der Waals surface area (Å²) in [7, 11) is 3.55. The SMILES string of the molecule is CCN1CCCC1CNC(=NCC(=O)N(C)C)NCCCC1CCCC1. The van der Waals surface area contributed by atoms with E-state index in [9.17, 15) is 4.79 Å². The standard InChI is InChI=1S/C20H39N5O/c1-4-25-14-8-12-18(25)15-22-20(23-16-19(26)24(2)3)21-13-7-11-17-9-5-6-10-17/h17-18H,4-16H2,1-3H3,(H2,21,22,23). The number of amides is 1. The Hall–Kier alpha value is -1.30. The highest BCUT2D eigenvalue weighted by atomic mass is 16.2. The molecule has 0 radical (unpaired) electrons. The van der Waals surface area contributed by atoms with Gasteiger partial charge in [-0.1, -0.05) is 32.6 Å². The van der Waals surface area contributed by atoms with Crippen LogP contribution >= 0.6 is 0 Å². The highest BCUT2D eigenvalue weighted by molar-refractivity contribution is 5.84. The van der Waals surface area contributed by atoms with Crippen LogP contribution in [0.2, 0.25) is 0 Å². The lowest BCUT2D eigenvalue weighted by atomic mass is 10.0. The van der Waals surface area contributed by atoms with Crippen molar-refractivity contribution < 1.29 is 4.79 Å². The molecule has 1 amide bonds. The van der Waals surface area contributed by atoms with Crippen molar-refractivity contribution in [3.05, 3.63) is 0 Å². The summed E-state index contributed by atoms with van der Waals surface area (Å²) in [6.45, 7) is 6.56. The maximum absolute atomic E-state index is 11.9. The minimum absolute atomic E-state index is 0.0353. The zero-order valence-corrected chi connectivity index (χ0v) is 17.1. The summed E-state index contributed by atoms with van der Waals surface area (Å²) in [5, 5.41) is 6.92. The Morgan fingerprint density at radius 3 is 2.62 bits per heavy atom. The fraction of sp³-hybridized carbons (Fsp3) is 0.900. The molecular formula is C20H39N5O. The third-order valence-corrected chi connectivity index (χ3v) is 5.84. The average molecular weight is 366 g/mol. The number of nitrogens with one attached hydrogen (secondary N) is 2. The van der Waals surface area contributed by atoms with Gasteiger partial charge in [0.1, 0.15) is 6.54 Å². The molecule has 1 aliphatic carbocycles. The number of carbonyl (C=O) groups is 1. The quantitative estimate of drug-likeness (QED) is 0.373. The number of aliphatic imine (C=N–C) groups is 1. The zero-order valence-electron chi connectivity index (χ0n) is 17.1. The van der Waals surface area contributed by atoms with Crippen molar-refractivity contribution in [2.75, 3.05) is 46.8 Å². The summed E-state index contributed by atoms with van der Waals surface area (Å²) in [4.78, 5) is 20.5. The summed E-state index contributed by atoms with van der Waals surface area (Å²) < 4.78 is 0. The average Bonchev–Trinajstić information content (AvgIpc) is 3.31. The summed E-state index contributed by atoms with van der Waals surface area (Å²) in [6, 6.07) is 0.579. The van der Waals surface area contributed by atoms with Gasteiger partial charge in [0.15, 0.2) is 5.96 Å². The predicted molar refractivity (Wildman–Crippen MR) is 108 cm³/mol. The molecule has 0 aromatic carbocycles. The summed E-state index contributed by atoms with van der Waals surface area (Å²) in [6.07, 6.45) is 10.6. The van der Waals surface area contributed by atoms with Crippen LogP contribution in [0.25, 0.3) is 0 Å². The highest BCUT2D eigenvalue weighted by Crippen LogP contribution is 2.28. The van der Waals surface area contributed by atoms with Gasteiger partial charge in [-0.3, -0.25) is 9.69 Å². The summed E-state index contributed by atoms with van der Waals surface area (Å²) in [5.41, 5.74) is 0. The van der Waals surface area contributed by atoms with Crippen molar-refractivity contribution in [1.82, 2.24) is 20.4 Å². The van der Waals surface area contributed by atoms with Crippen molar-refractivity contribution in [2.24, 2.45) is 10.9 Å². The molecule has 0 aromatic heterocycles. The first-order chi connectivity index (χ1) is 12.6. The molecule has 2 fully saturated rings. The molecule has 1 heterocycles. The Morgan fingerprint density at radius 2 is 1.92 bits per heavy atom. The molecule has 1 aliphatic heterocycles. The van der Waals surface area contributed by atoms with Crippen LogP contribution < -0.4 is 10.6 Å². The molecule has 0 bridgehead atoms. The van der Waals surface area contributed by atoms with E-state index in [1.54, 1.807) is 19.0 Å². The van der Waals surface area contributed by atoms with Gasteiger partial charge in [0.05, 0.1) is 0 Å². The molecule has 1 saturated carbocycles. The van der Waals surface area contributed by atoms with Crippen molar-refractivity contribution in [3.8, 4) is 0 Å². The first kappa shape index (κ1) is 21.0. The lowest BCUT2D eigenvalue weighted by molar-refractivity contribution is -0.127. The Balaban J connectivity index is 1.77. The largest absolute Gasteiger partial charge is 0.356 e. The van der Waals surface area contributed by atoms with Crippen LogP contribution in [0, 0.1) is 5.92 Å². The maximum Gasteiger partial charge on any atom is 0.243 e. The van der Waals surface area contributed by atoms with Crippen LogP contribution in [0.15, 0.2) is 4.99 Å². The smallest absolute Gasteiger partial charge is 0.243 e. The van der Waals surface area contributed by atoms with Crippen molar-refractivity contribution in [1.29, 1.82) is 0 Å². The number of rotatable bonds is 9. The molecule has 6 heteroatoms. The Labute approximate surface area is 159 Å². The normalized spacial score (nSPS) is 22.0. The Kier molecular flexibility index (Phi) is 9.23. The summed E-state index contributed by atoms with van der Waals surface area (Å²) >= 11 is 0. The Bertz CT molecular complexity index is 445. The molecule has 1 atom stereocenters. The third kappa shape index (κ3) is 7.14. The number of carbonyl (C=O) groups excluding carboxylic acids is 1. The van der Waals surface area contributed by atoms with E-state index in [-0.39, 0.29) is 12.5 Å². The van der Waals surface area contributed by atoms with Crippen molar-refractivity contribution in [2.45, 2.75) is 64.3 Å². The predicted octanol–water partition coefficient (Wildman–Crippen LogP) is 2.06. The third-order valence-electron chi connectivity index (χ3n) is 5.84. The summed E-state index contributed by atoms with van der Waals surface area (Å²) in [5.74, 6) is 1.75. The van der Waals surface area contributed by atoms with Crippen LogP contribution in [0.3, 0.4) is 0 Å². The number of hydrogen-bond donors (Lipinski definition) is 2. The lowest BCUT2D eigenvalue weighted by Gasteiger charge is -2.24. The molecule has 2 aliphatic rings. The van der Waals surface area contributed by atoms with Crippen LogP contribution in [0.1, 0.15) is 58.3 Å². The van der Waals surface area contributed by atoms with Crippen LogP contribution in [0.5, 0.6) is 0 Å². The van der Waals surface area contributed by atoms with E-state index < -0.39 is 0 Å². The van der Waals surface area contributed by atoms with Gasteiger partial charge in [-0.2, -0.15) is 0 Å². The van der Waals surface area contributed by atoms with E-state index in [4.69, 9.17) is 0 Å². The molecule has 0 spiro atoms. The molecule has 0 aromatic rings. The van der Waals surface area contributed by atoms with E-state index >= 15 is 0 Å². The van der Waals surface area contributed by atoms with Gasteiger partial charge < -0.3 is 15.5 Å². The number of hydrogen-bond acceptors (Lipinski definition) is 3. The van der Waals surface area contributed by atoms with Gasteiger partial charge in [-0.05, 0) is 44.7 Å². The van der Waals surface area contributed by atoms with E-state index in [2.05, 4.69) is 27.4 Å². The molecule has 150 valence electrons. The fourth-order valence-electron chi connectivity index (χ4n) is 4.12. The van der Waals surface area contributed by atoms with E-state index in [1.807, 2.05) is 0 Å². The number of likely N-dealkylation sites (N-methyl/N-ethyl adjacent to an activating group) is 2. The minimum Gasteiger partial charge on any atom is -0.356 e. The minimum atomic E-state index is 0.0353. The van der Waals surface area contributed by atoms with Gasteiger partial charge in [0, 0.05) is 33.2 Å². The second-order valence-electron chi connectivity index (χ2n) is 7.98. The van der Waals surface area contributed by atoms with Gasteiger partial charge in [0.2, 0.25) is 5.91 Å². The van der Waals surface area contributed by atoms with E-state index in [1.165, 1.54) is 57.9 Å². The van der Waals surface area contributed by atoms with Crippen molar-refractivity contribution in [3.63, 3.8) is 0 Å². The highest BCUT2D eigenvalue weighted by Gasteiger charge is 2.23. The maximum atomic E-state index is 11.9. The van der Waals surface area contributed by atoms with Gasteiger partial charge in [-0.15, -0.1) is 0 Å². The van der Waals surface area contributed by atoms with E-state index in [0.29, 0.717) is 6.04 Å². The molecule has 1 saturated heterocycles. The van der Waals surface area contributed by atoms with E-state index in [0.717, 1.165) is 31.5 Å². The van der Waals surface area contributed by atoms with Crippen molar-refractivity contribution >= 4 is 11.9 Å². The molecule has 26 heavy (non-hydrogen) atoms. The number of nitrogens with zero attached hydrogens (tertiary/aromatic N) is 3. The van der Waals surface area contributed by atoms with Gasteiger partial charge in [-0.25, -0.2) is 4.99 Å².